The molecular formula is C17H30O4. The second-order valence-electron chi connectivity index (χ2n) is 5.73. The van der Waals surface area contributed by atoms with Crippen LogP contribution in [0.1, 0.15) is 47.0 Å². The molecule has 0 amide bonds. The summed E-state index contributed by atoms with van der Waals surface area (Å²) in [6.07, 6.45) is 3.88. The summed E-state index contributed by atoms with van der Waals surface area (Å²) in [7, 11) is 0. The van der Waals surface area contributed by atoms with Gasteiger partial charge in [-0.15, -0.1) is 0 Å². The summed E-state index contributed by atoms with van der Waals surface area (Å²) in [5.41, 5.74) is 1.05. The van der Waals surface area contributed by atoms with Gasteiger partial charge in [-0.25, -0.2) is 0 Å². The lowest BCUT2D eigenvalue weighted by Gasteiger charge is -2.36. The molecule has 4 atom stereocenters. The number of ether oxygens (including phenoxy) is 4. The van der Waals surface area contributed by atoms with E-state index < -0.39 is 6.29 Å². The molecule has 0 aromatic rings. The van der Waals surface area contributed by atoms with Gasteiger partial charge in [-0.05, 0) is 39.7 Å². The Kier molecular flexibility index (Phi) is 8.19. The zero-order chi connectivity index (χ0) is 15.8. The third kappa shape index (κ3) is 6.74. The lowest BCUT2D eigenvalue weighted by Crippen LogP contribution is -2.42. The predicted octanol–water partition coefficient (Wildman–Crippen LogP) is 3.82. The summed E-state index contributed by atoms with van der Waals surface area (Å²) in [5, 5.41) is 0. The van der Waals surface area contributed by atoms with Gasteiger partial charge in [0.1, 0.15) is 0 Å². The van der Waals surface area contributed by atoms with Gasteiger partial charge in [0.05, 0.1) is 24.9 Å². The minimum Gasteiger partial charge on any atom is -0.350 e. The van der Waals surface area contributed by atoms with Crippen molar-refractivity contribution in [1.82, 2.24) is 0 Å². The van der Waals surface area contributed by atoms with Crippen molar-refractivity contribution < 1.29 is 18.9 Å². The Balaban J connectivity index is 2.39. The molecule has 1 rings (SSSR count). The van der Waals surface area contributed by atoms with E-state index in [-0.39, 0.29) is 24.6 Å². The molecule has 0 bridgehead atoms. The van der Waals surface area contributed by atoms with Gasteiger partial charge in [-0.2, -0.15) is 0 Å². The Hall–Kier alpha value is -0.680. The molecular weight excluding hydrogens is 268 g/mol. The van der Waals surface area contributed by atoms with Gasteiger partial charge in [0, 0.05) is 6.42 Å². The van der Waals surface area contributed by atoms with Crippen LogP contribution in [0.3, 0.4) is 0 Å². The first kappa shape index (κ1) is 18.4. The summed E-state index contributed by atoms with van der Waals surface area (Å²) in [4.78, 5) is 0. The highest BCUT2D eigenvalue weighted by Gasteiger charge is 2.31. The SMILES string of the molecule is C=C[C@@H](OCC(=C)CC)O[C@@H]1CC[C@H](OC(C)C)O[C@H]1C. The molecule has 0 saturated carbocycles. The maximum atomic E-state index is 5.94. The smallest absolute Gasteiger partial charge is 0.177 e. The highest BCUT2D eigenvalue weighted by molar-refractivity contribution is 4.93. The van der Waals surface area contributed by atoms with E-state index in [0.29, 0.717) is 6.61 Å². The third-order valence-electron chi connectivity index (χ3n) is 3.45. The van der Waals surface area contributed by atoms with E-state index in [1.54, 1.807) is 6.08 Å². The molecule has 1 aliphatic rings. The van der Waals surface area contributed by atoms with Crippen molar-refractivity contribution in [3.8, 4) is 0 Å². The lowest BCUT2D eigenvalue weighted by molar-refractivity contribution is -0.257. The van der Waals surface area contributed by atoms with Crippen molar-refractivity contribution in [1.29, 1.82) is 0 Å². The van der Waals surface area contributed by atoms with Gasteiger partial charge in [-0.3, -0.25) is 0 Å². The molecule has 4 heteroatoms. The van der Waals surface area contributed by atoms with Crippen LogP contribution in [0.25, 0.3) is 0 Å². The molecule has 122 valence electrons. The van der Waals surface area contributed by atoms with Crippen LogP contribution in [0.5, 0.6) is 0 Å². The van der Waals surface area contributed by atoms with Gasteiger partial charge in [0.25, 0.3) is 0 Å². The Morgan fingerprint density at radius 3 is 2.57 bits per heavy atom. The second-order valence-corrected chi connectivity index (χ2v) is 5.73. The molecule has 21 heavy (non-hydrogen) atoms. The maximum Gasteiger partial charge on any atom is 0.177 e. The number of rotatable bonds is 9. The fraction of sp³-hybridized carbons (Fsp3) is 0.765. The van der Waals surface area contributed by atoms with Crippen molar-refractivity contribution in [2.45, 2.75) is 77.8 Å². The minimum atomic E-state index is -0.424. The first-order valence-electron chi connectivity index (χ1n) is 7.83. The van der Waals surface area contributed by atoms with Crippen LogP contribution in [-0.2, 0) is 18.9 Å². The molecule has 1 aliphatic heterocycles. The summed E-state index contributed by atoms with van der Waals surface area (Å²) in [6, 6.07) is 0. The van der Waals surface area contributed by atoms with Crippen LogP contribution < -0.4 is 0 Å². The Labute approximate surface area is 129 Å². The van der Waals surface area contributed by atoms with E-state index in [2.05, 4.69) is 20.1 Å². The monoisotopic (exact) mass is 298 g/mol. The van der Waals surface area contributed by atoms with Crippen LogP contribution in [-0.4, -0.2) is 37.5 Å². The zero-order valence-corrected chi connectivity index (χ0v) is 13.8. The molecule has 0 spiro atoms. The zero-order valence-electron chi connectivity index (χ0n) is 13.8. The summed E-state index contributed by atoms with van der Waals surface area (Å²) >= 11 is 0. The fourth-order valence-electron chi connectivity index (χ4n) is 2.15. The van der Waals surface area contributed by atoms with Crippen molar-refractivity contribution in [2.24, 2.45) is 0 Å². The fourth-order valence-corrected chi connectivity index (χ4v) is 2.15. The minimum absolute atomic E-state index is 0.00472. The topological polar surface area (TPSA) is 36.9 Å². The standard InChI is InChI=1S/C17H30O4/c1-7-13(5)11-18-16(8-2)21-15-9-10-17(19-12(3)4)20-14(15)6/h8,12,14-17H,2,5,7,9-11H2,1,3-4,6H3/t14-,15+,16-,17+/m0/s1. The van der Waals surface area contributed by atoms with Gasteiger partial charge < -0.3 is 18.9 Å². The lowest BCUT2D eigenvalue weighted by atomic mass is 10.1. The molecule has 0 aromatic heterocycles. The van der Waals surface area contributed by atoms with Crippen molar-refractivity contribution in [3.63, 3.8) is 0 Å². The Morgan fingerprint density at radius 1 is 1.33 bits per heavy atom. The van der Waals surface area contributed by atoms with Crippen molar-refractivity contribution in [3.05, 3.63) is 24.8 Å². The first-order valence-corrected chi connectivity index (χ1v) is 7.83. The van der Waals surface area contributed by atoms with Crippen LogP contribution in [0.15, 0.2) is 24.8 Å². The third-order valence-corrected chi connectivity index (χ3v) is 3.45. The largest absolute Gasteiger partial charge is 0.350 e. The average Bonchev–Trinajstić information content (AvgIpc) is 2.44. The molecule has 1 heterocycles. The Bertz CT molecular complexity index is 327. The van der Waals surface area contributed by atoms with Gasteiger partial charge >= 0.3 is 0 Å². The molecule has 0 N–H and O–H groups in total. The highest BCUT2D eigenvalue weighted by Crippen LogP contribution is 2.25. The van der Waals surface area contributed by atoms with Gasteiger partial charge in [-0.1, -0.05) is 25.7 Å². The molecule has 1 fully saturated rings. The first-order chi connectivity index (χ1) is 9.96. The van der Waals surface area contributed by atoms with E-state index in [1.807, 2.05) is 20.8 Å². The van der Waals surface area contributed by atoms with Gasteiger partial charge in [0.15, 0.2) is 12.6 Å². The quantitative estimate of drug-likeness (QED) is 0.479. The van der Waals surface area contributed by atoms with Crippen LogP contribution >= 0.6 is 0 Å². The second kappa shape index (κ2) is 9.36. The maximum absolute atomic E-state index is 5.94. The molecule has 4 nitrogen and oxygen atoms in total. The number of hydrogen-bond donors (Lipinski definition) is 0. The van der Waals surface area contributed by atoms with E-state index in [9.17, 15) is 0 Å². The molecule has 0 radical (unpaired) electrons. The van der Waals surface area contributed by atoms with E-state index >= 15 is 0 Å². The molecule has 0 unspecified atom stereocenters. The average molecular weight is 298 g/mol. The van der Waals surface area contributed by atoms with Crippen molar-refractivity contribution >= 4 is 0 Å². The molecule has 0 aliphatic carbocycles. The van der Waals surface area contributed by atoms with Gasteiger partial charge in [0.2, 0.25) is 0 Å². The van der Waals surface area contributed by atoms with E-state index in [4.69, 9.17) is 18.9 Å². The Morgan fingerprint density at radius 2 is 2.05 bits per heavy atom. The summed E-state index contributed by atoms with van der Waals surface area (Å²) in [6.45, 7) is 16.3. The summed E-state index contributed by atoms with van der Waals surface area (Å²) < 4.78 is 23.1. The van der Waals surface area contributed by atoms with Crippen molar-refractivity contribution in [2.75, 3.05) is 6.61 Å². The van der Waals surface area contributed by atoms with Crippen LogP contribution in [0.4, 0.5) is 0 Å². The molecule has 0 aromatic carbocycles. The van der Waals surface area contributed by atoms with E-state index in [1.165, 1.54) is 0 Å². The molecule has 1 saturated heterocycles. The highest BCUT2D eigenvalue weighted by atomic mass is 16.7. The summed E-state index contributed by atoms with van der Waals surface area (Å²) in [5.74, 6) is 0. The van der Waals surface area contributed by atoms with E-state index in [0.717, 1.165) is 24.8 Å². The van der Waals surface area contributed by atoms with Crippen LogP contribution in [0, 0.1) is 0 Å². The predicted molar refractivity (Wildman–Crippen MR) is 84.0 cm³/mol. The van der Waals surface area contributed by atoms with Crippen LogP contribution in [0.2, 0.25) is 0 Å². The normalized spacial score (nSPS) is 27.6. The number of hydrogen-bond acceptors (Lipinski definition) is 4.